The topological polar surface area (TPSA) is 71.1 Å². The highest BCUT2D eigenvalue weighted by Gasteiger charge is 2.10. The molecule has 3 aromatic rings. The molecular formula is C39H50O6. The predicted molar refractivity (Wildman–Crippen MR) is 181 cm³/mol. The molecule has 0 unspecified atom stereocenters. The summed E-state index contributed by atoms with van der Waals surface area (Å²) in [4.78, 5) is 23.7. The van der Waals surface area contributed by atoms with Gasteiger partial charge in [-0.25, -0.2) is 9.59 Å². The molecule has 0 aliphatic rings. The van der Waals surface area contributed by atoms with Crippen molar-refractivity contribution < 1.29 is 28.5 Å². The lowest BCUT2D eigenvalue weighted by Crippen LogP contribution is -2.08. The number of esters is 2. The summed E-state index contributed by atoms with van der Waals surface area (Å²) < 4.78 is 22.3. The number of benzene rings is 3. The third kappa shape index (κ3) is 14.5. The van der Waals surface area contributed by atoms with Gasteiger partial charge in [0.05, 0.1) is 25.4 Å². The molecule has 3 rings (SSSR count). The Balaban J connectivity index is 1.31. The van der Waals surface area contributed by atoms with Gasteiger partial charge < -0.3 is 18.9 Å². The summed E-state index contributed by atoms with van der Waals surface area (Å²) in [6.45, 7) is 7.38. The molecule has 45 heavy (non-hydrogen) atoms. The van der Waals surface area contributed by atoms with E-state index in [1.807, 2.05) is 36.4 Å². The molecule has 6 heteroatoms. The molecule has 0 aromatic heterocycles. The summed E-state index contributed by atoms with van der Waals surface area (Å²) in [5.41, 5.74) is 2.57. The van der Waals surface area contributed by atoms with Crippen LogP contribution in [0, 0.1) is 0 Å². The van der Waals surface area contributed by atoms with E-state index < -0.39 is 5.97 Å². The van der Waals surface area contributed by atoms with Gasteiger partial charge in [0.15, 0.2) is 0 Å². The average Bonchev–Trinajstić information content (AvgIpc) is 3.07. The van der Waals surface area contributed by atoms with Crippen LogP contribution in [-0.4, -0.2) is 31.8 Å². The number of rotatable bonds is 23. The van der Waals surface area contributed by atoms with Gasteiger partial charge in [0, 0.05) is 6.08 Å². The van der Waals surface area contributed by atoms with Crippen molar-refractivity contribution in [3.05, 3.63) is 91.0 Å². The first-order valence-electron chi connectivity index (χ1n) is 16.7. The van der Waals surface area contributed by atoms with Crippen LogP contribution in [0.2, 0.25) is 0 Å². The van der Waals surface area contributed by atoms with Gasteiger partial charge in [-0.3, -0.25) is 0 Å². The third-order valence-electron chi connectivity index (χ3n) is 7.58. The van der Waals surface area contributed by atoms with Crippen molar-refractivity contribution in [3.63, 3.8) is 0 Å². The molecule has 0 atom stereocenters. The molecule has 6 nitrogen and oxygen atoms in total. The van der Waals surface area contributed by atoms with E-state index in [-0.39, 0.29) is 5.97 Å². The van der Waals surface area contributed by atoms with Gasteiger partial charge in [0.2, 0.25) is 0 Å². The highest BCUT2D eigenvalue weighted by atomic mass is 16.5. The normalized spacial score (nSPS) is 10.7. The van der Waals surface area contributed by atoms with E-state index in [4.69, 9.17) is 18.9 Å². The van der Waals surface area contributed by atoms with Crippen LogP contribution in [0.1, 0.15) is 101 Å². The first kappa shape index (κ1) is 35.4. The van der Waals surface area contributed by atoms with Crippen LogP contribution in [0.4, 0.5) is 0 Å². The van der Waals surface area contributed by atoms with Gasteiger partial charge in [-0.1, -0.05) is 89.1 Å². The molecule has 3 aromatic carbocycles. The number of hydrogen-bond donors (Lipinski definition) is 0. The van der Waals surface area contributed by atoms with Gasteiger partial charge in [0.25, 0.3) is 0 Å². The fourth-order valence-electron chi connectivity index (χ4n) is 4.89. The Labute approximate surface area is 269 Å². The van der Waals surface area contributed by atoms with Crippen LogP contribution < -0.4 is 14.2 Å². The molecule has 242 valence electrons. The van der Waals surface area contributed by atoms with E-state index in [1.54, 1.807) is 24.3 Å². The molecule has 0 amide bonds. The molecule has 0 aliphatic carbocycles. The fraction of sp³-hybridized carbons (Fsp3) is 0.436. The maximum absolute atomic E-state index is 12.7. The second-order valence-electron chi connectivity index (χ2n) is 11.3. The van der Waals surface area contributed by atoms with Crippen LogP contribution in [-0.2, 0) is 9.53 Å². The SMILES string of the molecule is C=CC(=O)OCCCCCCOc1ccc(C(=O)Oc2ccc(-c3ccc(OCCCCCCCCCCC)cc3)cc2)cc1. The zero-order valence-electron chi connectivity index (χ0n) is 27.0. The van der Waals surface area contributed by atoms with E-state index in [0.717, 1.165) is 55.6 Å². The number of carbonyl (C=O) groups is 2. The highest BCUT2D eigenvalue weighted by molar-refractivity contribution is 5.91. The molecule has 0 aliphatic heterocycles. The van der Waals surface area contributed by atoms with Crippen molar-refractivity contribution in [2.24, 2.45) is 0 Å². The Morgan fingerprint density at radius 3 is 1.47 bits per heavy atom. The number of unbranched alkanes of at least 4 members (excludes halogenated alkanes) is 11. The van der Waals surface area contributed by atoms with Crippen LogP contribution >= 0.6 is 0 Å². The van der Waals surface area contributed by atoms with Crippen molar-refractivity contribution >= 4 is 11.9 Å². The van der Waals surface area contributed by atoms with Crippen molar-refractivity contribution in [1.29, 1.82) is 0 Å². The minimum absolute atomic E-state index is 0.384. The fourth-order valence-corrected chi connectivity index (χ4v) is 4.89. The summed E-state index contributed by atoms with van der Waals surface area (Å²) in [5.74, 6) is 1.28. The Morgan fingerprint density at radius 1 is 0.556 bits per heavy atom. The summed E-state index contributed by atoms with van der Waals surface area (Å²) in [6.07, 6.45) is 16.6. The molecule has 0 N–H and O–H groups in total. The largest absolute Gasteiger partial charge is 0.494 e. The van der Waals surface area contributed by atoms with Crippen LogP contribution in [0.3, 0.4) is 0 Å². The molecule has 0 bridgehead atoms. The van der Waals surface area contributed by atoms with Gasteiger partial charge in [-0.05, 0) is 91.8 Å². The lowest BCUT2D eigenvalue weighted by Gasteiger charge is -2.09. The third-order valence-corrected chi connectivity index (χ3v) is 7.58. The van der Waals surface area contributed by atoms with E-state index in [9.17, 15) is 9.59 Å². The molecule has 0 heterocycles. The maximum atomic E-state index is 12.7. The smallest absolute Gasteiger partial charge is 0.343 e. The van der Waals surface area contributed by atoms with E-state index in [2.05, 4.69) is 25.6 Å². The van der Waals surface area contributed by atoms with Crippen LogP contribution in [0.25, 0.3) is 11.1 Å². The first-order valence-corrected chi connectivity index (χ1v) is 16.7. The Kier molecular flexibility index (Phi) is 17.0. The van der Waals surface area contributed by atoms with Gasteiger partial charge in [0.1, 0.15) is 17.2 Å². The summed E-state index contributed by atoms with van der Waals surface area (Å²) in [5, 5.41) is 0. The minimum Gasteiger partial charge on any atom is -0.494 e. The summed E-state index contributed by atoms with van der Waals surface area (Å²) in [7, 11) is 0. The lowest BCUT2D eigenvalue weighted by molar-refractivity contribution is -0.137. The maximum Gasteiger partial charge on any atom is 0.343 e. The van der Waals surface area contributed by atoms with Crippen LogP contribution in [0.5, 0.6) is 17.2 Å². The zero-order valence-corrected chi connectivity index (χ0v) is 27.0. The molecule has 0 saturated carbocycles. The first-order chi connectivity index (χ1) is 22.1. The molecule has 0 fully saturated rings. The van der Waals surface area contributed by atoms with E-state index in [0.29, 0.717) is 30.3 Å². The summed E-state index contributed by atoms with van der Waals surface area (Å²) in [6, 6.07) is 22.6. The quantitative estimate of drug-likeness (QED) is 0.0458. The molecule has 0 spiro atoms. The van der Waals surface area contributed by atoms with E-state index >= 15 is 0 Å². The number of hydrogen-bond acceptors (Lipinski definition) is 6. The van der Waals surface area contributed by atoms with Crippen molar-refractivity contribution in [3.8, 4) is 28.4 Å². The second kappa shape index (κ2) is 21.6. The van der Waals surface area contributed by atoms with E-state index in [1.165, 1.54) is 57.4 Å². The Bertz CT molecular complexity index is 1250. The van der Waals surface area contributed by atoms with Gasteiger partial charge in [-0.15, -0.1) is 0 Å². The Hall–Kier alpha value is -4.06. The van der Waals surface area contributed by atoms with Crippen LogP contribution in [0.15, 0.2) is 85.5 Å². The average molecular weight is 615 g/mol. The Morgan fingerprint density at radius 2 is 0.978 bits per heavy atom. The van der Waals surface area contributed by atoms with Crippen molar-refractivity contribution in [1.82, 2.24) is 0 Å². The molecule has 0 saturated heterocycles. The monoisotopic (exact) mass is 614 g/mol. The lowest BCUT2D eigenvalue weighted by atomic mass is 10.1. The number of ether oxygens (including phenoxy) is 4. The van der Waals surface area contributed by atoms with Gasteiger partial charge in [-0.2, -0.15) is 0 Å². The van der Waals surface area contributed by atoms with Crippen molar-refractivity contribution in [2.45, 2.75) is 90.4 Å². The predicted octanol–water partition coefficient (Wildman–Crippen LogP) is 10.2. The standard InChI is InChI=1S/C39H50O6/c1-3-5-6-7-8-9-10-11-14-29-42-35-23-17-32(18-24-35)33-19-27-37(28-20-33)45-39(41)34-21-25-36(26-22-34)43-30-15-12-13-16-31-44-38(40)4-2/h4,17-28H,2-3,5-16,29-31H2,1H3. The highest BCUT2D eigenvalue weighted by Crippen LogP contribution is 2.25. The summed E-state index contributed by atoms with van der Waals surface area (Å²) >= 11 is 0. The number of carbonyl (C=O) groups excluding carboxylic acids is 2. The molecule has 0 radical (unpaired) electrons. The molecular weight excluding hydrogens is 564 g/mol. The minimum atomic E-state index is -0.417. The van der Waals surface area contributed by atoms with Crippen molar-refractivity contribution in [2.75, 3.05) is 19.8 Å². The zero-order chi connectivity index (χ0) is 32.0. The van der Waals surface area contributed by atoms with Gasteiger partial charge >= 0.3 is 11.9 Å². The second-order valence-corrected chi connectivity index (χ2v) is 11.3.